The molecule has 2 fully saturated rings. The second-order valence-electron chi connectivity index (χ2n) is 7.48. The van der Waals surface area contributed by atoms with Gasteiger partial charge < -0.3 is 9.64 Å². The molecule has 1 aromatic carbocycles. The molecule has 26 heavy (non-hydrogen) atoms. The lowest BCUT2D eigenvalue weighted by Crippen LogP contribution is -2.51. The molecule has 2 aliphatic heterocycles. The van der Waals surface area contributed by atoms with Crippen molar-refractivity contribution < 1.29 is 9.53 Å². The van der Waals surface area contributed by atoms with Gasteiger partial charge >= 0.3 is 0 Å². The zero-order valence-electron chi connectivity index (χ0n) is 15.7. The maximum Gasteiger partial charge on any atom is 0.236 e. The fourth-order valence-corrected chi connectivity index (χ4v) is 3.92. The van der Waals surface area contributed by atoms with Crippen molar-refractivity contribution >= 4 is 17.5 Å². The zero-order valence-corrected chi connectivity index (χ0v) is 16.5. The van der Waals surface area contributed by atoms with Gasteiger partial charge in [0.25, 0.3) is 0 Å². The molecule has 1 atom stereocenters. The van der Waals surface area contributed by atoms with E-state index >= 15 is 0 Å². The van der Waals surface area contributed by atoms with Crippen LogP contribution in [0.4, 0.5) is 0 Å². The molecule has 0 N–H and O–H groups in total. The first-order valence-electron chi connectivity index (χ1n) is 9.71. The molecule has 2 aliphatic rings. The van der Waals surface area contributed by atoms with E-state index in [0.717, 1.165) is 58.0 Å². The lowest BCUT2D eigenvalue weighted by molar-refractivity contribution is -0.134. The largest absolute Gasteiger partial charge is 0.491 e. The van der Waals surface area contributed by atoms with Crippen LogP contribution in [0.15, 0.2) is 24.3 Å². The Morgan fingerprint density at radius 3 is 2.62 bits per heavy atom. The number of piperidine rings is 1. The Hall–Kier alpha value is -1.30. The molecule has 144 valence electrons. The van der Waals surface area contributed by atoms with Crippen molar-refractivity contribution in [1.29, 1.82) is 0 Å². The normalized spacial score (nSPS) is 22.4. The lowest BCUT2D eigenvalue weighted by Gasteiger charge is -2.36. The van der Waals surface area contributed by atoms with Crippen LogP contribution in [0.2, 0.25) is 5.02 Å². The highest BCUT2D eigenvalue weighted by atomic mass is 35.5. The Morgan fingerprint density at radius 1 is 1.15 bits per heavy atom. The average Bonchev–Trinajstić information content (AvgIpc) is 2.65. The van der Waals surface area contributed by atoms with Gasteiger partial charge in [0.05, 0.1) is 11.6 Å². The fraction of sp³-hybridized carbons (Fsp3) is 0.650. The van der Waals surface area contributed by atoms with Crippen LogP contribution in [0.5, 0.6) is 5.75 Å². The molecule has 0 spiro atoms. The summed E-state index contributed by atoms with van der Waals surface area (Å²) >= 11 is 6.11. The number of carbonyl (C=O) groups excluding carboxylic acids is 1. The van der Waals surface area contributed by atoms with E-state index < -0.39 is 0 Å². The summed E-state index contributed by atoms with van der Waals surface area (Å²) in [6.45, 7) is 10.0. The molecule has 1 aromatic rings. The fourth-order valence-electron chi connectivity index (χ4n) is 3.72. The third kappa shape index (κ3) is 5.60. The van der Waals surface area contributed by atoms with Gasteiger partial charge in [-0.05, 0) is 30.9 Å². The maximum absolute atomic E-state index is 12.5. The highest BCUT2D eigenvalue weighted by Gasteiger charge is 2.24. The molecule has 0 radical (unpaired) electrons. The molecule has 1 unspecified atom stereocenters. The van der Waals surface area contributed by atoms with Crippen molar-refractivity contribution in [2.24, 2.45) is 5.92 Å². The van der Waals surface area contributed by atoms with Gasteiger partial charge in [0.1, 0.15) is 12.4 Å². The Morgan fingerprint density at radius 2 is 1.88 bits per heavy atom. The van der Waals surface area contributed by atoms with Crippen LogP contribution in [-0.2, 0) is 4.79 Å². The highest BCUT2D eigenvalue weighted by molar-refractivity contribution is 6.32. The molecule has 0 bridgehead atoms. The van der Waals surface area contributed by atoms with Crippen molar-refractivity contribution in [1.82, 2.24) is 14.7 Å². The molecule has 0 saturated carbocycles. The molecular weight excluding hydrogens is 350 g/mol. The van der Waals surface area contributed by atoms with Crippen LogP contribution in [0.1, 0.15) is 19.8 Å². The van der Waals surface area contributed by atoms with Gasteiger partial charge in [0.2, 0.25) is 5.91 Å². The summed E-state index contributed by atoms with van der Waals surface area (Å²) in [6.07, 6.45) is 2.39. The number of halogens is 1. The summed E-state index contributed by atoms with van der Waals surface area (Å²) in [5, 5.41) is 0.655. The number of benzene rings is 1. The third-order valence-electron chi connectivity index (χ3n) is 5.34. The van der Waals surface area contributed by atoms with Gasteiger partial charge in [-0.25, -0.2) is 0 Å². The van der Waals surface area contributed by atoms with E-state index in [1.165, 1.54) is 6.42 Å². The number of amides is 1. The highest BCUT2D eigenvalue weighted by Crippen LogP contribution is 2.23. The monoisotopic (exact) mass is 379 g/mol. The average molecular weight is 380 g/mol. The van der Waals surface area contributed by atoms with Crippen molar-refractivity contribution in [2.45, 2.75) is 19.8 Å². The summed E-state index contributed by atoms with van der Waals surface area (Å²) in [6, 6.07) is 7.57. The molecule has 1 amide bonds. The standard InChI is InChI=1S/C20H30ClN3O2/c1-17-5-4-8-24(15-17)20(25)16-23-11-9-22(10-12-23)13-14-26-19-7-3-2-6-18(19)21/h2-3,6-7,17H,4-5,8-16H2,1H3. The van der Waals surface area contributed by atoms with E-state index in [2.05, 4.69) is 21.6 Å². The number of ether oxygens (including phenoxy) is 1. The first kappa shape index (κ1) is 19.5. The lowest BCUT2D eigenvalue weighted by atomic mass is 10.0. The van der Waals surface area contributed by atoms with Gasteiger partial charge in [0.15, 0.2) is 0 Å². The van der Waals surface area contributed by atoms with E-state index in [1.807, 2.05) is 24.3 Å². The number of rotatable bonds is 6. The Bertz CT molecular complexity index is 590. The minimum atomic E-state index is 0.298. The molecule has 5 nitrogen and oxygen atoms in total. The third-order valence-corrected chi connectivity index (χ3v) is 5.65. The predicted molar refractivity (Wildman–Crippen MR) is 105 cm³/mol. The van der Waals surface area contributed by atoms with Crippen molar-refractivity contribution in [3.05, 3.63) is 29.3 Å². The van der Waals surface area contributed by atoms with Gasteiger partial charge in [-0.2, -0.15) is 0 Å². The smallest absolute Gasteiger partial charge is 0.236 e. The second-order valence-corrected chi connectivity index (χ2v) is 7.89. The number of hydrogen-bond acceptors (Lipinski definition) is 4. The number of nitrogens with zero attached hydrogens (tertiary/aromatic N) is 3. The molecule has 3 rings (SSSR count). The van der Waals surface area contributed by atoms with Gasteiger partial charge in [-0.3, -0.25) is 14.6 Å². The summed E-state index contributed by atoms with van der Waals surface area (Å²) in [4.78, 5) is 19.2. The summed E-state index contributed by atoms with van der Waals surface area (Å²) < 4.78 is 5.77. The second kappa shape index (κ2) is 9.58. The van der Waals surface area contributed by atoms with Gasteiger partial charge in [-0.15, -0.1) is 0 Å². The molecular formula is C20H30ClN3O2. The van der Waals surface area contributed by atoms with Crippen LogP contribution in [0, 0.1) is 5.92 Å². The van der Waals surface area contributed by atoms with Gasteiger partial charge in [0, 0.05) is 45.8 Å². The van der Waals surface area contributed by atoms with E-state index in [0.29, 0.717) is 30.0 Å². The summed E-state index contributed by atoms with van der Waals surface area (Å²) in [7, 11) is 0. The van der Waals surface area contributed by atoms with E-state index in [9.17, 15) is 4.79 Å². The van der Waals surface area contributed by atoms with E-state index in [4.69, 9.17) is 16.3 Å². The first-order valence-corrected chi connectivity index (χ1v) is 10.1. The van der Waals surface area contributed by atoms with Gasteiger partial charge in [-0.1, -0.05) is 30.7 Å². The minimum Gasteiger partial charge on any atom is -0.491 e. The quantitative estimate of drug-likeness (QED) is 0.761. The maximum atomic E-state index is 12.5. The molecule has 0 aliphatic carbocycles. The van der Waals surface area contributed by atoms with Crippen LogP contribution >= 0.6 is 11.6 Å². The molecule has 0 aromatic heterocycles. The number of para-hydroxylation sites is 1. The number of likely N-dealkylation sites (tertiary alicyclic amines) is 1. The zero-order chi connectivity index (χ0) is 18.4. The van der Waals surface area contributed by atoms with Crippen molar-refractivity contribution in [2.75, 3.05) is 59.0 Å². The molecule has 6 heteroatoms. The Labute approximate surface area is 161 Å². The summed E-state index contributed by atoms with van der Waals surface area (Å²) in [5.74, 6) is 1.68. The predicted octanol–water partition coefficient (Wildman–Crippen LogP) is 2.59. The topological polar surface area (TPSA) is 36.0 Å². The van der Waals surface area contributed by atoms with E-state index in [-0.39, 0.29) is 0 Å². The van der Waals surface area contributed by atoms with Crippen LogP contribution in [0.3, 0.4) is 0 Å². The first-order chi connectivity index (χ1) is 12.6. The number of piperazine rings is 1. The van der Waals surface area contributed by atoms with Crippen LogP contribution in [0.25, 0.3) is 0 Å². The van der Waals surface area contributed by atoms with Crippen molar-refractivity contribution in [3.63, 3.8) is 0 Å². The van der Waals surface area contributed by atoms with Crippen molar-refractivity contribution in [3.8, 4) is 5.75 Å². The van der Waals surface area contributed by atoms with Crippen LogP contribution < -0.4 is 4.74 Å². The molecule has 2 heterocycles. The number of hydrogen-bond donors (Lipinski definition) is 0. The Kier molecular flexibility index (Phi) is 7.17. The number of carbonyl (C=O) groups is 1. The minimum absolute atomic E-state index is 0.298. The van der Waals surface area contributed by atoms with E-state index in [1.54, 1.807) is 0 Å². The summed E-state index contributed by atoms with van der Waals surface area (Å²) in [5.41, 5.74) is 0. The van der Waals surface area contributed by atoms with Crippen LogP contribution in [-0.4, -0.2) is 79.6 Å². The molecule has 2 saturated heterocycles. The SMILES string of the molecule is CC1CCCN(C(=O)CN2CCN(CCOc3ccccc3Cl)CC2)C1. The Balaban J connectivity index is 1.34.